The Morgan fingerprint density at radius 2 is 1.55 bits per heavy atom. The van der Waals surface area contributed by atoms with Crippen molar-refractivity contribution in [1.29, 1.82) is 0 Å². The Hall–Kier alpha value is -2.04. The highest BCUT2D eigenvalue weighted by atomic mass is 19.4. The number of nitrogens with two attached hydrogens (primary N) is 1. The zero-order valence-corrected chi connectivity index (χ0v) is 9.29. The minimum absolute atomic E-state index is 0.0592. The molecule has 0 fully saturated rings. The lowest BCUT2D eigenvalue weighted by molar-refractivity contribution is -0.386. The Labute approximate surface area is 106 Å². The van der Waals surface area contributed by atoms with E-state index >= 15 is 0 Å². The first-order chi connectivity index (χ1) is 8.82. The van der Waals surface area contributed by atoms with Gasteiger partial charge in [0.05, 0.1) is 4.92 Å². The van der Waals surface area contributed by atoms with Crippen molar-refractivity contribution in [3.63, 3.8) is 0 Å². The van der Waals surface area contributed by atoms with E-state index in [4.69, 9.17) is 10.8 Å². The molecule has 0 spiro atoms. The molecule has 0 atom stereocenters. The summed E-state index contributed by atoms with van der Waals surface area (Å²) in [6, 6.07) is 0.648. The third kappa shape index (κ3) is 2.35. The van der Waals surface area contributed by atoms with Crippen LogP contribution < -0.4 is 5.73 Å². The monoisotopic (exact) mass is 304 g/mol. The van der Waals surface area contributed by atoms with Crippen LogP contribution in [-0.4, -0.2) is 22.4 Å². The summed E-state index contributed by atoms with van der Waals surface area (Å²) < 4.78 is 75.3. The number of nitro groups is 1. The number of benzene rings is 1. The Balaban J connectivity index is 3.61. The molecule has 0 aliphatic heterocycles. The standard InChI is InChI=1S/C9H6F6N2O3/c10-8(11,12)7(18,9(13,14)15)4-1-2-5(16)6(3-4)17(19)20/h1-3,18H,16H2. The molecule has 11 heteroatoms. The summed E-state index contributed by atoms with van der Waals surface area (Å²) >= 11 is 0. The van der Waals surface area contributed by atoms with E-state index in [1.807, 2.05) is 0 Å². The van der Waals surface area contributed by atoms with Crippen molar-refractivity contribution in [2.75, 3.05) is 5.73 Å². The van der Waals surface area contributed by atoms with Crippen molar-refractivity contribution in [3.8, 4) is 0 Å². The van der Waals surface area contributed by atoms with Gasteiger partial charge in [-0.3, -0.25) is 10.1 Å². The molecule has 0 saturated carbocycles. The van der Waals surface area contributed by atoms with Crippen LogP contribution in [0.4, 0.5) is 37.7 Å². The van der Waals surface area contributed by atoms with Crippen molar-refractivity contribution in [1.82, 2.24) is 0 Å². The predicted octanol–water partition coefficient (Wildman–Crippen LogP) is 2.49. The summed E-state index contributed by atoms with van der Waals surface area (Å²) in [5, 5.41) is 19.5. The third-order valence-corrected chi connectivity index (χ3v) is 2.47. The van der Waals surface area contributed by atoms with Crippen LogP contribution in [0.3, 0.4) is 0 Å². The van der Waals surface area contributed by atoms with Gasteiger partial charge < -0.3 is 10.8 Å². The predicted molar refractivity (Wildman–Crippen MR) is 53.5 cm³/mol. The first kappa shape index (κ1) is 16.0. The number of anilines is 1. The molecule has 3 N–H and O–H groups in total. The lowest BCUT2D eigenvalue weighted by Crippen LogP contribution is -2.53. The van der Waals surface area contributed by atoms with Gasteiger partial charge in [-0.2, -0.15) is 26.3 Å². The lowest BCUT2D eigenvalue weighted by atomic mass is 9.91. The van der Waals surface area contributed by atoms with E-state index in [-0.39, 0.29) is 12.1 Å². The van der Waals surface area contributed by atoms with Gasteiger partial charge in [0.1, 0.15) is 5.69 Å². The second kappa shape index (κ2) is 4.51. The summed E-state index contributed by atoms with van der Waals surface area (Å²) in [6.45, 7) is 0. The van der Waals surface area contributed by atoms with E-state index in [9.17, 15) is 36.5 Å². The summed E-state index contributed by atoms with van der Waals surface area (Å²) in [6.07, 6.45) is -12.2. The van der Waals surface area contributed by atoms with Crippen LogP contribution in [0.25, 0.3) is 0 Å². The van der Waals surface area contributed by atoms with Gasteiger partial charge in [0.2, 0.25) is 0 Å². The summed E-state index contributed by atoms with van der Waals surface area (Å²) in [5.41, 5.74) is -3.70. The van der Waals surface area contributed by atoms with Crippen LogP contribution in [0.2, 0.25) is 0 Å². The molecular formula is C9H6F6N2O3. The minimum atomic E-state index is -6.12. The molecule has 0 aromatic heterocycles. The van der Waals surface area contributed by atoms with E-state index in [0.717, 1.165) is 0 Å². The smallest absolute Gasteiger partial charge is 0.393 e. The van der Waals surface area contributed by atoms with Crippen molar-refractivity contribution >= 4 is 11.4 Å². The molecule has 0 heterocycles. The van der Waals surface area contributed by atoms with Gasteiger partial charge in [-0.25, -0.2) is 0 Å². The maximum atomic E-state index is 12.5. The number of hydrogen-bond acceptors (Lipinski definition) is 4. The van der Waals surface area contributed by atoms with Crippen molar-refractivity contribution in [3.05, 3.63) is 33.9 Å². The maximum absolute atomic E-state index is 12.5. The Morgan fingerprint density at radius 1 is 1.10 bits per heavy atom. The van der Waals surface area contributed by atoms with E-state index in [1.165, 1.54) is 0 Å². The van der Waals surface area contributed by atoms with Crippen LogP contribution in [0.5, 0.6) is 0 Å². The normalized spacial score (nSPS) is 13.3. The molecule has 5 nitrogen and oxygen atoms in total. The van der Waals surface area contributed by atoms with E-state index in [2.05, 4.69) is 0 Å². The van der Waals surface area contributed by atoms with Gasteiger partial charge in [-0.15, -0.1) is 0 Å². The molecule has 0 bridgehead atoms. The first-order valence-electron chi connectivity index (χ1n) is 4.72. The highest BCUT2D eigenvalue weighted by molar-refractivity contribution is 5.60. The average molecular weight is 304 g/mol. The molecule has 0 radical (unpaired) electrons. The van der Waals surface area contributed by atoms with Crippen molar-refractivity contribution < 1.29 is 36.4 Å². The highest BCUT2D eigenvalue weighted by Crippen LogP contribution is 2.50. The summed E-state index contributed by atoms with van der Waals surface area (Å²) in [5.74, 6) is 0. The van der Waals surface area contributed by atoms with E-state index in [1.54, 1.807) is 0 Å². The van der Waals surface area contributed by atoms with E-state index < -0.39 is 39.8 Å². The van der Waals surface area contributed by atoms with Crippen LogP contribution in [-0.2, 0) is 5.60 Å². The molecule has 0 unspecified atom stereocenters. The molecule has 0 amide bonds. The maximum Gasteiger partial charge on any atom is 0.430 e. The first-order valence-corrected chi connectivity index (χ1v) is 4.72. The van der Waals surface area contributed by atoms with Crippen molar-refractivity contribution in [2.24, 2.45) is 0 Å². The molecule has 1 rings (SSSR count). The zero-order valence-electron chi connectivity index (χ0n) is 9.29. The molecule has 0 aliphatic carbocycles. The summed E-state index contributed by atoms with van der Waals surface area (Å²) in [4.78, 5) is 9.22. The Bertz CT molecular complexity index is 525. The third-order valence-electron chi connectivity index (χ3n) is 2.47. The fraction of sp³-hybridized carbons (Fsp3) is 0.333. The Kier molecular flexibility index (Phi) is 3.61. The number of hydrogen-bond donors (Lipinski definition) is 2. The quantitative estimate of drug-likeness (QED) is 0.380. The van der Waals surface area contributed by atoms with Crippen LogP contribution in [0, 0.1) is 10.1 Å². The fourth-order valence-corrected chi connectivity index (χ4v) is 1.41. The van der Waals surface area contributed by atoms with Gasteiger partial charge in [-0.1, -0.05) is 6.07 Å². The fourth-order valence-electron chi connectivity index (χ4n) is 1.41. The topological polar surface area (TPSA) is 89.4 Å². The Morgan fingerprint density at radius 3 is 1.90 bits per heavy atom. The molecule has 1 aromatic carbocycles. The van der Waals surface area contributed by atoms with E-state index in [0.29, 0.717) is 6.07 Å². The van der Waals surface area contributed by atoms with Gasteiger partial charge >= 0.3 is 12.4 Å². The van der Waals surface area contributed by atoms with Gasteiger partial charge in [0, 0.05) is 11.6 Å². The zero-order chi connectivity index (χ0) is 15.9. The number of halogens is 6. The van der Waals surface area contributed by atoms with Crippen LogP contribution in [0.15, 0.2) is 18.2 Å². The molecular weight excluding hydrogens is 298 g/mol. The largest absolute Gasteiger partial charge is 0.430 e. The van der Waals surface area contributed by atoms with Gasteiger partial charge in [-0.05, 0) is 6.07 Å². The molecule has 20 heavy (non-hydrogen) atoms. The number of aliphatic hydroxyl groups is 1. The minimum Gasteiger partial charge on any atom is -0.393 e. The molecule has 0 aliphatic rings. The average Bonchev–Trinajstić information content (AvgIpc) is 2.25. The highest BCUT2D eigenvalue weighted by Gasteiger charge is 2.71. The number of rotatable bonds is 2. The molecule has 0 saturated heterocycles. The molecule has 112 valence electrons. The number of alkyl halides is 6. The van der Waals surface area contributed by atoms with Crippen LogP contribution >= 0.6 is 0 Å². The molecule has 1 aromatic rings. The second-order valence-electron chi connectivity index (χ2n) is 3.74. The second-order valence-corrected chi connectivity index (χ2v) is 3.74. The van der Waals surface area contributed by atoms with Crippen LogP contribution in [0.1, 0.15) is 5.56 Å². The van der Waals surface area contributed by atoms with Gasteiger partial charge in [0.15, 0.2) is 0 Å². The number of nitrogens with zero attached hydrogens (tertiary/aromatic N) is 1. The van der Waals surface area contributed by atoms with Crippen molar-refractivity contribution in [2.45, 2.75) is 18.0 Å². The lowest BCUT2D eigenvalue weighted by Gasteiger charge is -2.32. The van der Waals surface area contributed by atoms with Gasteiger partial charge in [0.25, 0.3) is 11.3 Å². The SMILES string of the molecule is Nc1ccc(C(O)(C(F)(F)F)C(F)(F)F)cc1[N+](=O)[O-]. The number of nitrogen functional groups attached to an aromatic ring is 1. The number of nitro benzene ring substituents is 1. The summed E-state index contributed by atoms with van der Waals surface area (Å²) in [7, 11) is 0.